The highest BCUT2D eigenvalue weighted by atomic mass is 19.1. The van der Waals surface area contributed by atoms with E-state index in [2.05, 4.69) is 18.8 Å². The molecule has 0 bridgehead atoms. The summed E-state index contributed by atoms with van der Waals surface area (Å²) in [6, 6.07) is 5.40. The van der Waals surface area contributed by atoms with E-state index in [1.165, 1.54) is 0 Å². The molecule has 0 atom stereocenters. The summed E-state index contributed by atoms with van der Waals surface area (Å²) < 4.78 is 14.1. The average molecular weight is 233 g/mol. The summed E-state index contributed by atoms with van der Waals surface area (Å²) in [4.78, 5) is 3.16. The number of halogens is 1. The van der Waals surface area contributed by atoms with E-state index in [-0.39, 0.29) is 5.82 Å². The van der Waals surface area contributed by atoms with Crippen LogP contribution in [-0.2, 0) is 0 Å². The van der Waals surface area contributed by atoms with Crippen LogP contribution in [0.4, 0.5) is 4.39 Å². The maximum atomic E-state index is 14.1. The molecule has 0 aliphatic heterocycles. The van der Waals surface area contributed by atoms with Gasteiger partial charge in [0.05, 0.1) is 0 Å². The highest BCUT2D eigenvalue weighted by molar-refractivity contribution is 5.83. The van der Waals surface area contributed by atoms with Gasteiger partial charge in [0.2, 0.25) is 0 Å². The summed E-state index contributed by atoms with van der Waals surface area (Å²) >= 11 is 0. The quantitative estimate of drug-likeness (QED) is 0.748. The fourth-order valence-corrected chi connectivity index (χ4v) is 2.67. The molecule has 17 heavy (non-hydrogen) atoms. The van der Waals surface area contributed by atoms with E-state index in [4.69, 9.17) is 0 Å². The van der Waals surface area contributed by atoms with Gasteiger partial charge >= 0.3 is 0 Å². The van der Waals surface area contributed by atoms with Crippen molar-refractivity contribution in [2.75, 3.05) is 0 Å². The number of fused-ring (bicyclic) bond motifs is 1. The van der Waals surface area contributed by atoms with Crippen LogP contribution in [0.5, 0.6) is 0 Å². The number of benzene rings is 1. The standard InChI is InChI=1S/C15H20FN/c1-3-5-11(6-4-2)15-12-9-10-17-14(12)8-7-13(15)16/h7-11,17H,3-6H2,1-2H3. The highest BCUT2D eigenvalue weighted by Gasteiger charge is 2.17. The van der Waals surface area contributed by atoms with Gasteiger partial charge in [-0.3, -0.25) is 0 Å². The van der Waals surface area contributed by atoms with Gasteiger partial charge in [0.1, 0.15) is 5.82 Å². The van der Waals surface area contributed by atoms with E-state index in [1.807, 2.05) is 18.3 Å². The topological polar surface area (TPSA) is 15.8 Å². The SMILES string of the molecule is CCCC(CCC)c1c(F)ccc2[nH]ccc12. The second kappa shape index (κ2) is 5.35. The van der Waals surface area contributed by atoms with Crippen LogP contribution in [0.25, 0.3) is 10.9 Å². The lowest BCUT2D eigenvalue weighted by molar-refractivity contribution is 0.524. The normalized spacial score (nSPS) is 11.5. The summed E-state index contributed by atoms with van der Waals surface area (Å²) in [7, 11) is 0. The Morgan fingerprint density at radius 1 is 1.12 bits per heavy atom. The smallest absolute Gasteiger partial charge is 0.127 e. The van der Waals surface area contributed by atoms with Gasteiger partial charge in [-0.05, 0) is 37.0 Å². The molecule has 1 nitrogen and oxygen atoms in total. The minimum absolute atomic E-state index is 0.0519. The van der Waals surface area contributed by atoms with Crippen molar-refractivity contribution in [3.05, 3.63) is 35.8 Å². The van der Waals surface area contributed by atoms with Gasteiger partial charge in [0, 0.05) is 22.7 Å². The van der Waals surface area contributed by atoms with Crippen molar-refractivity contribution in [1.29, 1.82) is 0 Å². The fraction of sp³-hybridized carbons (Fsp3) is 0.467. The molecule has 0 saturated carbocycles. The molecule has 0 saturated heterocycles. The molecule has 2 heteroatoms. The first-order valence-electron chi connectivity index (χ1n) is 6.53. The van der Waals surface area contributed by atoms with Gasteiger partial charge in [0.15, 0.2) is 0 Å². The second-order valence-corrected chi connectivity index (χ2v) is 4.67. The lowest BCUT2D eigenvalue weighted by Crippen LogP contribution is -2.02. The highest BCUT2D eigenvalue weighted by Crippen LogP contribution is 2.33. The van der Waals surface area contributed by atoms with E-state index in [0.29, 0.717) is 5.92 Å². The Labute approximate surface area is 102 Å². The van der Waals surface area contributed by atoms with Gasteiger partial charge in [0.25, 0.3) is 0 Å². The van der Waals surface area contributed by atoms with Crippen LogP contribution in [0.15, 0.2) is 24.4 Å². The van der Waals surface area contributed by atoms with Crippen LogP contribution in [0.3, 0.4) is 0 Å². The van der Waals surface area contributed by atoms with E-state index < -0.39 is 0 Å². The Morgan fingerprint density at radius 3 is 2.47 bits per heavy atom. The number of rotatable bonds is 5. The number of hydrogen-bond donors (Lipinski definition) is 1. The Morgan fingerprint density at radius 2 is 1.82 bits per heavy atom. The van der Waals surface area contributed by atoms with Crippen molar-refractivity contribution < 1.29 is 4.39 Å². The molecule has 1 N–H and O–H groups in total. The number of nitrogens with one attached hydrogen (secondary N) is 1. The molecule has 0 aliphatic carbocycles. The van der Waals surface area contributed by atoms with Crippen LogP contribution < -0.4 is 0 Å². The summed E-state index contributed by atoms with van der Waals surface area (Å²) in [6.07, 6.45) is 6.22. The minimum atomic E-state index is -0.0519. The Bertz CT molecular complexity index is 481. The third-order valence-electron chi connectivity index (χ3n) is 3.41. The van der Waals surface area contributed by atoms with Crippen molar-refractivity contribution in [3.8, 4) is 0 Å². The average Bonchev–Trinajstić information content (AvgIpc) is 2.77. The van der Waals surface area contributed by atoms with E-state index in [9.17, 15) is 4.39 Å². The van der Waals surface area contributed by atoms with E-state index in [0.717, 1.165) is 42.1 Å². The first-order chi connectivity index (χ1) is 8.27. The van der Waals surface area contributed by atoms with Gasteiger partial charge in [-0.25, -0.2) is 4.39 Å². The van der Waals surface area contributed by atoms with Crippen molar-refractivity contribution in [2.45, 2.75) is 45.4 Å². The van der Waals surface area contributed by atoms with Crippen LogP contribution in [0, 0.1) is 5.82 Å². The summed E-state index contributed by atoms with van der Waals surface area (Å²) in [5.41, 5.74) is 1.95. The minimum Gasteiger partial charge on any atom is -0.361 e. The molecular weight excluding hydrogens is 213 g/mol. The molecule has 0 aliphatic rings. The molecule has 2 rings (SSSR count). The van der Waals surface area contributed by atoms with Crippen molar-refractivity contribution in [2.24, 2.45) is 0 Å². The van der Waals surface area contributed by atoms with Gasteiger partial charge in [-0.2, -0.15) is 0 Å². The maximum absolute atomic E-state index is 14.1. The van der Waals surface area contributed by atoms with Crippen LogP contribution in [0.1, 0.15) is 51.0 Å². The molecule has 2 aromatic rings. The van der Waals surface area contributed by atoms with Crippen molar-refractivity contribution in [3.63, 3.8) is 0 Å². The molecule has 0 spiro atoms. The number of H-pyrrole nitrogens is 1. The molecule has 92 valence electrons. The van der Waals surface area contributed by atoms with Gasteiger partial charge in [-0.15, -0.1) is 0 Å². The van der Waals surface area contributed by atoms with Crippen LogP contribution >= 0.6 is 0 Å². The molecule has 1 heterocycles. The molecular formula is C15H20FN. The van der Waals surface area contributed by atoms with Crippen molar-refractivity contribution in [1.82, 2.24) is 4.98 Å². The summed E-state index contributed by atoms with van der Waals surface area (Å²) in [6.45, 7) is 4.33. The second-order valence-electron chi connectivity index (χ2n) is 4.67. The predicted molar refractivity (Wildman–Crippen MR) is 70.8 cm³/mol. The monoisotopic (exact) mass is 233 g/mol. The lowest BCUT2D eigenvalue weighted by Gasteiger charge is -2.17. The Hall–Kier alpha value is -1.31. The van der Waals surface area contributed by atoms with E-state index >= 15 is 0 Å². The molecule has 0 radical (unpaired) electrons. The predicted octanol–water partition coefficient (Wildman–Crippen LogP) is 4.99. The zero-order chi connectivity index (χ0) is 12.3. The molecule has 1 aromatic carbocycles. The van der Waals surface area contributed by atoms with Crippen LogP contribution in [-0.4, -0.2) is 4.98 Å². The largest absolute Gasteiger partial charge is 0.361 e. The maximum Gasteiger partial charge on any atom is 0.127 e. The molecule has 0 fully saturated rings. The Balaban J connectivity index is 2.49. The third kappa shape index (κ3) is 2.36. The first-order valence-corrected chi connectivity index (χ1v) is 6.53. The molecule has 0 unspecified atom stereocenters. The van der Waals surface area contributed by atoms with Crippen LogP contribution in [0.2, 0.25) is 0 Å². The van der Waals surface area contributed by atoms with Gasteiger partial charge < -0.3 is 4.98 Å². The number of aromatic amines is 1. The van der Waals surface area contributed by atoms with Crippen molar-refractivity contribution >= 4 is 10.9 Å². The van der Waals surface area contributed by atoms with E-state index in [1.54, 1.807) is 6.07 Å². The fourth-order valence-electron chi connectivity index (χ4n) is 2.67. The first kappa shape index (κ1) is 12.2. The van der Waals surface area contributed by atoms with Gasteiger partial charge in [-0.1, -0.05) is 26.7 Å². The third-order valence-corrected chi connectivity index (χ3v) is 3.41. The number of aromatic nitrogens is 1. The lowest BCUT2D eigenvalue weighted by atomic mass is 9.88. The number of hydrogen-bond acceptors (Lipinski definition) is 0. The zero-order valence-corrected chi connectivity index (χ0v) is 10.6. The Kier molecular flexibility index (Phi) is 3.82. The molecule has 1 aromatic heterocycles. The molecule has 0 amide bonds. The summed E-state index contributed by atoms with van der Waals surface area (Å²) in [5.74, 6) is 0.300. The summed E-state index contributed by atoms with van der Waals surface area (Å²) in [5, 5.41) is 1.05. The zero-order valence-electron chi connectivity index (χ0n) is 10.6.